The van der Waals surface area contributed by atoms with Gasteiger partial charge in [-0.25, -0.2) is 9.59 Å². The molecule has 1 aliphatic heterocycles. The Labute approximate surface area is 156 Å². The Bertz CT molecular complexity index is 598. The zero-order chi connectivity index (χ0) is 19.2. The van der Waals surface area contributed by atoms with E-state index in [1.54, 1.807) is 9.80 Å². The van der Waals surface area contributed by atoms with Crippen LogP contribution in [-0.4, -0.2) is 53.3 Å². The fraction of sp³-hybridized carbons (Fsp3) is 0.600. The molecular weight excluding hydrogens is 332 g/mol. The van der Waals surface area contributed by atoms with E-state index in [1.807, 2.05) is 58.0 Å². The minimum absolute atomic E-state index is 0.0333. The van der Waals surface area contributed by atoms with Crippen molar-refractivity contribution in [2.24, 2.45) is 0 Å². The van der Waals surface area contributed by atoms with Gasteiger partial charge in [-0.1, -0.05) is 30.3 Å². The monoisotopic (exact) mass is 362 g/mol. The van der Waals surface area contributed by atoms with Gasteiger partial charge in [0.15, 0.2) is 0 Å². The summed E-state index contributed by atoms with van der Waals surface area (Å²) in [6, 6.07) is 9.56. The summed E-state index contributed by atoms with van der Waals surface area (Å²) in [5, 5.41) is 0. The van der Waals surface area contributed by atoms with E-state index in [2.05, 4.69) is 0 Å². The van der Waals surface area contributed by atoms with Crippen molar-refractivity contribution in [1.29, 1.82) is 0 Å². The minimum Gasteiger partial charge on any atom is -0.445 e. The van der Waals surface area contributed by atoms with Crippen LogP contribution in [0, 0.1) is 0 Å². The quantitative estimate of drug-likeness (QED) is 0.793. The molecule has 6 heteroatoms. The van der Waals surface area contributed by atoms with Crippen molar-refractivity contribution in [3.8, 4) is 0 Å². The van der Waals surface area contributed by atoms with E-state index in [1.165, 1.54) is 0 Å². The third kappa shape index (κ3) is 5.93. The van der Waals surface area contributed by atoms with E-state index < -0.39 is 5.60 Å². The molecule has 144 valence electrons. The van der Waals surface area contributed by atoms with Crippen molar-refractivity contribution in [3.63, 3.8) is 0 Å². The number of benzene rings is 1. The number of likely N-dealkylation sites (N-methyl/N-ethyl adjacent to an activating group) is 1. The summed E-state index contributed by atoms with van der Waals surface area (Å²) in [4.78, 5) is 28.2. The van der Waals surface area contributed by atoms with E-state index in [-0.39, 0.29) is 24.8 Å². The van der Waals surface area contributed by atoms with Gasteiger partial charge in [0.05, 0.1) is 6.04 Å². The highest BCUT2D eigenvalue weighted by atomic mass is 16.6. The first-order chi connectivity index (χ1) is 12.3. The second-order valence-electron chi connectivity index (χ2n) is 7.55. The average Bonchev–Trinajstić information content (AvgIpc) is 3.05. The van der Waals surface area contributed by atoms with Gasteiger partial charge in [0.25, 0.3) is 0 Å². The molecule has 1 atom stereocenters. The van der Waals surface area contributed by atoms with Gasteiger partial charge in [-0.3, -0.25) is 0 Å². The van der Waals surface area contributed by atoms with E-state index in [0.717, 1.165) is 18.4 Å². The first-order valence-corrected chi connectivity index (χ1v) is 9.25. The maximum atomic E-state index is 12.4. The number of carbonyl (C=O) groups is 2. The van der Waals surface area contributed by atoms with Crippen LogP contribution in [0.5, 0.6) is 0 Å². The fourth-order valence-electron chi connectivity index (χ4n) is 2.98. The molecule has 0 saturated carbocycles. The van der Waals surface area contributed by atoms with Gasteiger partial charge in [0, 0.05) is 19.6 Å². The molecule has 6 nitrogen and oxygen atoms in total. The summed E-state index contributed by atoms with van der Waals surface area (Å²) in [5.74, 6) is 0. The molecule has 0 radical (unpaired) electrons. The van der Waals surface area contributed by atoms with E-state index in [0.29, 0.717) is 19.6 Å². The second kappa shape index (κ2) is 8.92. The number of likely N-dealkylation sites (tertiary alicyclic amines) is 1. The Kier molecular flexibility index (Phi) is 6.89. The van der Waals surface area contributed by atoms with Crippen LogP contribution in [0.2, 0.25) is 0 Å². The number of hydrogen-bond acceptors (Lipinski definition) is 4. The number of amides is 2. The summed E-state index contributed by atoms with van der Waals surface area (Å²) >= 11 is 0. The molecule has 0 aromatic heterocycles. The molecule has 1 heterocycles. The molecule has 26 heavy (non-hydrogen) atoms. The molecule has 1 aromatic rings. The lowest BCUT2D eigenvalue weighted by Gasteiger charge is -2.31. The number of ether oxygens (including phenoxy) is 2. The zero-order valence-electron chi connectivity index (χ0n) is 16.2. The summed E-state index contributed by atoms with van der Waals surface area (Å²) in [6.45, 7) is 9.39. The fourth-order valence-corrected chi connectivity index (χ4v) is 2.98. The minimum atomic E-state index is -0.525. The lowest BCUT2D eigenvalue weighted by Crippen LogP contribution is -2.46. The van der Waals surface area contributed by atoms with Crippen LogP contribution in [0.3, 0.4) is 0 Å². The van der Waals surface area contributed by atoms with Crippen LogP contribution in [0.4, 0.5) is 9.59 Å². The largest absolute Gasteiger partial charge is 0.445 e. The zero-order valence-corrected chi connectivity index (χ0v) is 16.2. The molecule has 0 unspecified atom stereocenters. The summed E-state index contributed by atoms with van der Waals surface area (Å²) in [7, 11) is 0. The highest BCUT2D eigenvalue weighted by Crippen LogP contribution is 2.22. The highest BCUT2D eigenvalue weighted by Gasteiger charge is 2.34. The Morgan fingerprint density at radius 2 is 1.92 bits per heavy atom. The number of carbonyl (C=O) groups excluding carboxylic acids is 2. The molecule has 2 rings (SSSR count). The van der Waals surface area contributed by atoms with Crippen LogP contribution < -0.4 is 0 Å². The van der Waals surface area contributed by atoms with Crippen molar-refractivity contribution in [1.82, 2.24) is 9.80 Å². The standard InChI is InChI=1S/C20H30N2O4/c1-5-21(18(23)25-15-16-10-7-6-8-11-16)14-17-12-9-13-22(17)19(24)26-20(2,3)4/h6-8,10-11,17H,5,9,12-15H2,1-4H3/t17-/m1/s1. The Morgan fingerprint density at radius 1 is 1.23 bits per heavy atom. The van der Waals surface area contributed by atoms with Crippen molar-refractivity contribution < 1.29 is 19.1 Å². The smallest absolute Gasteiger partial charge is 0.410 e. The lowest BCUT2D eigenvalue weighted by atomic mass is 10.2. The van der Waals surface area contributed by atoms with Gasteiger partial charge in [0.1, 0.15) is 12.2 Å². The van der Waals surface area contributed by atoms with E-state index >= 15 is 0 Å². The second-order valence-corrected chi connectivity index (χ2v) is 7.55. The Hall–Kier alpha value is -2.24. The summed E-state index contributed by atoms with van der Waals surface area (Å²) in [6.07, 6.45) is 1.11. The molecule has 1 aliphatic rings. The van der Waals surface area contributed by atoms with E-state index in [4.69, 9.17) is 9.47 Å². The number of nitrogens with zero attached hydrogens (tertiary/aromatic N) is 2. The van der Waals surface area contributed by atoms with Crippen molar-refractivity contribution in [2.75, 3.05) is 19.6 Å². The molecule has 2 amide bonds. The average molecular weight is 362 g/mol. The first-order valence-electron chi connectivity index (χ1n) is 9.25. The molecule has 1 aromatic carbocycles. The van der Waals surface area contributed by atoms with Gasteiger partial charge in [-0.05, 0) is 46.1 Å². The maximum absolute atomic E-state index is 12.4. The molecule has 0 aliphatic carbocycles. The molecule has 0 spiro atoms. The van der Waals surface area contributed by atoms with Crippen LogP contribution in [0.15, 0.2) is 30.3 Å². The van der Waals surface area contributed by atoms with Crippen molar-refractivity contribution in [2.45, 2.75) is 58.8 Å². The van der Waals surface area contributed by atoms with Crippen LogP contribution >= 0.6 is 0 Å². The topological polar surface area (TPSA) is 59.1 Å². The van der Waals surface area contributed by atoms with Gasteiger partial charge >= 0.3 is 12.2 Å². The SMILES string of the molecule is CCN(C[C@H]1CCCN1C(=O)OC(C)(C)C)C(=O)OCc1ccccc1. The molecular formula is C20H30N2O4. The molecule has 0 bridgehead atoms. The van der Waals surface area contributed by atoms with Gasteiger partial charge in [-0.2, -0.15) is 0 Å². The number of rotatable bonds is 5. The van der Waals surface area contributed by atoms with Crippen molar-refractivity contribution >= 4 is 12.2 Å². The third-order valence-corrected chi connectivity index (χ3v) is 4.28. The maximum Gasteiger partial charge on any atom is 0.410 e. The Morgan fingerprint density at radius 3 is 2.54 bits per heavy atom. The molecule has 1 fully saturated rings. The predicted octanol–water partition coefficient (Wildman–Crippen LogP) is 4.04. The third-order valence-electron chi connectivity index (χ3n) is 4.28. The summed E-state index contributed by atoms with van der Waals surface area (Å²) in [5.41, 5.74) is 0.427. The lowest BCUT2D eigenvalue weighted by molar-refractivity contribution is 0.0187. The summed E-state index contributed by atoms with van der Waals surface area (Å²) < 4.78 is 10.9. The predicted molar refractivity (Wildman–Crippen MR) is 99.8 cm³/mol. The molecule has 1 saturated heterocycles. The van der Waals surface area contributed by atoms with Gasteiger partial charge in [-0.15, -0.1) is 0 Å². The van der Waals surface area contributed by atoms with Gasteiger partial charge in [0.2, 0.25) is 0 Å². The van der Waals surface area contributed by atoms with Crippen LogP contribution in [-0.2, 0) is 16.1 Å². The Balaban J connectivity index is 1.90. The van der Waals surface area contributed by atoms with Crippen molar-refractivity contribution in [3.05, 3.63) is 35.9 Å². The molecule has 0 N–H and O–H groups in total. The van der Waals surface area contributed by atoms with E-state index in [9.17, 15) is 9.59 Å². The number of hydrogen-bond donors (Lipinski definition) is 0. The van der Waals surface area contributed by atoms with Crippen LogP contribution in [0.25, 0.3) is 0 Å². The van der Waals surface area contributed by atoms with Gasteiger partial charge < -0.3 is 19.3 Å². The normalized spacial score (nSPS) is 17.1. The van der Waals surface area contributed by atoms with Crippen LogP contribution in [0.1, 0.15) is 46.1 Å². The highest BCUT2D eigenvalue weighted by molar-refractivity contribution is 5.70. The first kappa shape index (κ1) is 20.1.